The van der Waals surface area contributed by atoms with Crippen molar-refractivity contribution in [3.05, 3.63) is 98.5 Å². The second-order valence-corrected chi connectivity index (χ2v) is 10.1. The van der Waals surface area contributed by atoms with Crippen molar-refractivity contribution in [3.8, 4) is 0 Å². The highest BCUT2D eigenvalue weighted by Crippen LogP contribution is 2.35. The van der Waals surface area contributed by atoms with E-state index in [-0.39, 0.29) is 18.4 Å². The smallest absolute Gasteiger partial charge is 0.264 e. The molecule has 0 spiro atoms. The van der Waals surface area contributed by atoms with Crippen LogP contribution in [0.25, 0.3) is 17.0 Å². The minimum Gasteiger partial charge on any atom is -0.337 e. The molecule has 3 aromatic carbocycles. The fraction of sp³-hybridized carbons (Fsp3) is 0.0385. The van der Waals surface area contributed by atoms with Gasteiger partial charge in [0, 0.05) is 33.4 Å². The number of aromatic nitrogens is 1. The number of amidine groups is 1. The molecule has 2 heterocycles. The molecule has 2 amide bonds. The van der Waals surface area contributed by atoms with Crippen LogP contribution in [0, 0.1) is 0 Å². The third kappa shape index (κ3) is 5.29. The van der Waals surface area contributed by atoms with Gasteiger partial charge in [-0.1, -0.05) is 59.1 Å². The number of para-hydroxylation sites is 1. The second-order valence-electron chi connectivity index (χ2n) is 7.84. The fourth-order valence-corrected chi connectivity index (χ4v) is 5.01. The van der Waals surface area contributed by atoms with Crippen LogP contribution in [0.3, 0.4) is 0 Å². The van der Waals surface area contributed by atoms with E-state index >= 15 is 0 Å². The monoisotopic (exact) mass is 554 g/mol. The lowest BCUT2D eigenvalue weighted by molar-refractivity contribution is -0.117. The molecule has 5 rings (SSSR count). The lowest BCUT2D eigenvalue weighted by Gasteiger charge is -2.07. The summed E-state index contributed by atoms with van der Waals surface area (Å²) in [5.74, 6) is -0.452. The molecular formula is C26H17Cl3N4O2S. The van der Waals surface area contributed by atoms with Crippen molar-refractivity contribution < 1.29 is 9.59 Å². The van der Waals surface area contributed by atoms with Crippen molar-refractivity contribution in [2.24, 2.45) is 4.99 Å². The molecular weight excluding hydrogens is 539 g/mol. The molecule has 1 aromatic heterocycles. The molecule has 1 fully saturated rings. The van der Waals surface area contributed by atoms with Crippen molar-refractivity contribution in [1.82, 2.24) is 9.88 Å². The Hall–Kier alpha value is -3.23. The molecule has 6 nitrogen and oxygen atoms in total. The van der Waals surface area contributed by atoms with Crippen LogP contribution in [-0.2, 0) is 16.1 Å². The van der Waals surface area contributed by atoms with Gasteiger partial charge in [-0.15, -0.1) is 0 Å². The highest BCUT2D eigenvalue weighted by molar-refractivity contribution is 8.18. The van der Waals surface area contributed by atoms with Crippen LogP contribution in [-0.4, -0.2) is 21.5 Å². The van der Waals surface area contributed by atoms with Crippen molar-refractivity contribution in [3.63, 3.8) is 0 Å². The zero-order valence-corrected chi connectivity index (χ0v) is 21.6. The van der Waals surface area contributed by atoms with Gasteiger partial charge in [0.05, 0.1) is 20.6 Å². The normalized spacial score (nSPS) is 15.6. The molecule has 0 atom stereocenters. The number of amides is 2. The van der Waals surface area contributed by atoms with Crippen LogP contribution in [0.4, 0.5) is 11.4 Å². The molecule has 1 aliphatic rings. The van der Waals surface area contributed by atoms with Gasteiger partial charge in [0.25, 0.3) is 5.91 Å². The second kappa shape index (κ2) is 10.4. The third-order valence-electron chi connectivity index (χ3n) is 5.35. The first-order chi connectivity index (χ1) is 17.4. The van der Waals surface area contributed by atoms with E-state index < -0.39 is 0 Å². The Morgan fingerprint density at radius 1 is 1.03 bits per heavy atom. The van der Waals surface area contributed by atoms with E-state index in [4.69, 9.17) is 34.8 Å². The molecule has 10 heteroatoms. The van der Waals surface area contributed by atoms with E-state index in [0.29, 0.717) is 36.5 Å². The third-order valence-corrected chi connectivity index (χ3v) is 7.32. The largest absolute Gasteiger partial charge is 0.337 e. The number of nitrogens with one attached hydrogen (secondary N) is 2. The summed E-state index contributed by atoms with van der Waals surface area (Å²) >= 11 is 19.4. The number of hydrogen-bond donors (Lipinski definition) is 2. The van der Waals surface area contributed by atoms with Gasteiger partial charge < -0.3 is 15.2 Å². The Bertz CT molecular complexity index is 1560. The van der Waals surface area contributed by atoms with Gasteiger partial charge >= 0.3 is 0 Å². The van der Waals surface area contributed by atoms with E-state index in [9.17, 15) is 9.59 Å². The van der Waals surface area contributed by atoms with Crippen LogP contribution in [0.15, 0.2) is 82.8 Å². The number of carbonyl (C=O) groups is 2. The number of fused-ring (bicyclic) bond motifs is 1. The van der Waals surface area contributed by atoms with Gasteiger partial charge in [0.15, 0.2) is 5.17 Å². The molecule has 0 unspecified atom stereocenters. The number of hydrogen-bond acceptors (Lipinski definition) is 4. The Morgan fingerprint density at radius 3 is 2.61 bits per heavy atom. The topological polar surface area (TPSA) is 75.5 Å². The van der Waals surface area contributed by atoms with E-state index in [0.717, 1.165) is 16.5 Å². The average Bonchev–Trinajstić information content (AvgIpc) is 3.38. The van der Waals surface area contributed by atoms with Crippen molar-refractivity contribution in [1.29, 1.82) is 0 Å². The van der Waals surface area contributed by atoms with Gasteiger partial charge in [-0.3, -0.25) is 9.59 Å². The summed E-state index contributed by atoms with van der Waals surface area (Å²) in [7, 11) is 0. The SMILES string of the molecule is O=C(Cn1cc(/C=C2/SC(=Nc3cccc(Cl)c3Cl)NC2=O)c2ccccc21)Nc1ccc(Cl)cc1. The minimum atomic E-state index is -0.269. The van der Waals surface area contributed by atoms with Crippen molar-refractivity contribution >= 4 is 91.9 Å². The lowest BCUT2D eigenvalue weighted by atomic mass is 10.1. The van der Waals surface area contributed by atoms with Gasteiger partial charge in [-0.05, 0) is 60.3 Å². The van der Waals surface area contributed by atoms with Gasteiger partial charge in [0.1, 0.15) is 6.54 Å². The van der Waals surface area contributed by atoms with E-state index in [1.54, 1.807) is 48.5 Å². The molecule has 0 bridgehead atoms. The maximum atomic E-state index is 12.7. The zero-order valence-electron chi connectivity index (χ0n) is 18.5. The van der Waals surface area contributed by atoms with E-state index in [1.165, 1.54) is 11.8 Å². The van der Waals surface area contributed by atoms with Crippen molar-refractivity contribution in [2.45, 2.75) is 6.54 Å². The summed E-state index contributed by atoms with van der Waals surface area (Å²) < 4.78 is 1.85. The standard InChI is InChI=1S/C26H17Cl3N4O2S/c27-16-8-10-17(11-9-16)30-23(34)14-33-13-15(18-4-1-2-7-21(18)33)12-22-25(35)32-26(36-22)31-20-6-3-5-19(28)24(20)29/h1-13H,14H2,(H,30,34)(H,31,32,35)/b22-12+. The van der Waals surface area contributed by atoms with Gasteiger partial charge in [-0.25, -0.2) is 4.99 Å². The number of anilines is 1. The number of benzene rings is 3. The van der Waals surface area contributed by atoms with E-state index in [1.807, 2.05) is 35.0 Å². The summed E-state index contributed by atoms with van der Waals surface area (Å²) in [4.78, 5) is 30.3. The molecule has 1 saturated heterocycles. The Labute approximate surface area is 225 Å². The Balaban J connectivity index is 1.40. The van der Waals surface area contributed by atoms with Crippen LogP contribution in [0.2, 0.25) is 15.1 Å². The number of halogens is 3. The summed E-state index contributed by atoms with van der Waals surface area (Å²) in [5.41, 5.74) is 2.81. The molecule has 180 valence electrons. The highest BCUT2D eigenvalue weighted by atomic mass is 35.5. The maximum Gasteiger partial charge on any atom is 0.264 e. The molecule has 36 heavy (non-hydrogen) atoms. The quantitative estimate of drug-likeness (QED) is 0.257. The highest BCUT2D eigenvalue weighted by Gasteiger charge is 2.25. The molecule has 0 radical (unpaired) electrons. The first-order valence-corrected chi connectivity index (χ1v) is 12.7. The lowest BCUT2D eigenvalue weighted by Crippen LogP contribution is -2.19. The molecule has 2 N–H and O–H groups in total. The molecule has 0 saturated carbocycles. The first-order valence-electron chi connectivity index (χ1n) is 10.7. The number of rotatable bonds is 5. The predicted molar refractivity (Wildman–Crippen MR) is 149 cm³/mol. The zero-order chi connectivity index (χ0) is 25.2. The maximum absolute atomic E-state index is 12.7. The van der Waals surface area contributed by atoms with E-state index in [2.05, 4.69) is 15.6 Å². The first kappa shape index (κ1) is 24.5. The van der Waals surface area contributed by atoms with Gasteiger partial charge in [-0.2, -0.15) is 0 Å². The fourth-order valence-electron chi connectivity index (χ4n) is 3.72. The van der Waals surface area contributed by atoms with Crippen LogP contribution < -0.4 is 10.6 Å². The molecule has 4 aromatic rings. The molecule has 0 aliphatic carbocycles. The summed E-state index contributed by atoms with van der Waals surface area (Å²) in [6.45, 7) is 0.103. The number of nitrogens with zero attached hydrogens (tertiary/aromatic N) is 2. The van der Waals surface area contributed by atoms with Crippen LogP contribution in [0.5, 0.6) is 0 Å². The van der Waals surface area contributed by atoms with Gasteiger partial charge in [0.2, 0.25) is 5.91 Å². The predicted octanol–water partition coefficient (Wildman–Crippen LogP) is 7.13. The number of carbonyl (C=O) groups excluding carboxylic acids is 2. The Morgan fingerprint density at radius 2 is 1.81 bits per heavy atom. The summed E-state index contributed by atoms with van der Waals surface area (Å²) in [6.07, 6.45) is 3.65. The van der Waals surface area contributed by atoms with Crippen LogP contribution in [0.1, 0.15) is 5.56 Å². The minimum absolute atomic E-state index is 0.103. The van der Waals surface area contributed by atoms with Crippen molar-refractivity contribution in [2.75, 3.05) is 5.32 Å². The summed E-state index contributed by atoms with van der Waals surface area (Å²) in [6, 6.07) is 19.8. The Kier molecular flexibility index (Phi) is 7.07. The summed E-state index contributed by atoms with van der Waals surface area (Å²) in [5, 5.41) is 8.26. The number of aliphatic imine (C=N–C) groups is 1. The number of thioether (sulfide) groups is 1. The van der Waals surface area contributed by atoms with Crippen LogP contribution >= 0.6 is 46.6 Å². The average molecular weight is 556 g/mol. The molecule has 1 aliphatic heterocycles.